The summed E-state index contributed by atoms with van der Waals surface area (Å²) in [5.74, 6) is 0.488. The molecule has 0 bridgehead atoms. The molecule has 2 N–H and O–H groups in total. The molecule has 0 aromatic heterocycles. The van der Waals surface area contributed by atoms with Crippen LogP contribution < -0.4 is 10.6 Å². The van der Waals surface area contributed by atoms with E-state index in [0.717, 1.165) is 26.1 Å². The first-order valence-electron chi connectivity index (χ1n) is 7.95. The van der Waals surface area contributed by atoms with Crippen molar-refractivity contribution in [2.75, 3.05) is 46.4 Å². The molecule has 0 aromatic carbocycles. The number of carbonyl (C=O) groups excluding carboxylic acids is 2. The molecule has 1 heterocycles. The Bertz CT molecular complexity index is 321. The van der Waals surface area contributed by atoms with E-state index >= 15 is 0 Å². The maximum atomic E-state index is 11.9. The third-order valence-corrected chi connectivity index (χ3v) is 3.65. The molecule has 0 radical (unpaired) electrons. The molecule has 0 saturated carbocycles. The zero-order valence-electron chi connectivity index (χ0n) is 13.3. The highest BCUT2D eigenvalue weighted by Gasteiger charge is 2.20. The summed E-state index contributed by atoms with van der Waals surface area (Å²) in [7, 11) is 1.97. The van der Waals surface area contributed by atoms with Crippen molar-refractivity contribution in [3.05, 3.63) is 0 Å². The minimum absolute atomic E-state index is 0.0453. The molecule has 1 saturated heterocycles. The minimum atomic E-state index is -0.197. The SMILES string of the molecule is CCOC(=O)CCCNC(=O)CN1CCCC(CNC)C1. The Morgan fingerprint density at radius 3 is 2.90 bits per heavy atom. The van der Waals surface area contributed by atoms with Crippen LogP contribution in [0.15, 0.2) is 0 Å². The molecule has 1 amide bonds. The van der Waals surface area contributed by atoms with E-state index in [1.807, 2.05) is 7.05 Å². The van der Waals surface area contributed by atoms with E-state index in [1.165, 1.54) is 6.42 Å². The van der Waals surface area contributed by atoms with Crippen LogP contribution in [0.1, 0.15) is 32.6 Å². The number of piperidine rings is 1. The van der Waals surface area contributed by atoms with Gasteiger partial charge in [-0.15, -0.1) is 0 Å². The van der Waals surface area contributed by atoms with Crippen LogP contribution >= 0.6 is 0 Å². The van der Waals surface area contributed by atoms with Gasteiger partial charge in [0.15, 0.2) is 0 Å². The summed E-state index contributed by atoms with van der Waals surface area (Å²) in [6.07, 6.45) is 3.38. The second-order valence-electron chi connectivity index (χ2n) is 5.56. The minimum Gasteiger partial charge on any atom is -0.466 e. The van der Waals surface area contributed by atoms with Crippen LogP contribution in [0.5, 0.6) is 0 Å². The van der Waals surface area contributed by atoms with Crippen molar-refractivity contribution < 1.29 is 14.3 Å². The maximum absolute atomic E-state index is 11.9. The smallest absolute Gasteiger partial charge is 0.305 e. The summed E-state index contributed by atoms with van der Waals surface area (Å²) in [4.78, 5) is 25.2. The van der Waals surface area contributed by atoms with Gasteiger partial charge >= 0.3 is 5.97 Å². The van der Waals surface area contributed by atoms with E-state index in [-0.39, 0.29) is 11.9 Å². The average molecular weight is 299 g/mol. The van der Waals surface area contributed by atoms with Gasteiger partial charge in [-0.1, -0.05) is 0 Å². The number of carbonyl (C=O) groups is 2. The fourth-order valence-electron chi connectivity index (χ4n) is 2.70. The summed E-state index contributed by atoms with van der Waals surface area (Å²) in [6.45, 7) is 6.18. The first kappa shape index (κ1) is 17.9. The molecule has 6 nitrogen and oxygen atoms in total. The fraction of sp³-hybridized carbons (Fsp3) is 0.867. The lowest BCUT2D eigenvalue weighted by Crippen LogP contribution is -2.44. The molecule has 1 aliphatic heterocycles. The Kier molecular flexibility index (Phi) is 9.01. The Hall–Kier alpha value is -1.14. The summed E-state index contributed by atoms with van der Waals surface area (Å²) in [5, 5.41) is 6.07. The summed E-state index contributed by atoms with van der Waals surface area (Å²) in [6, 6.07) is 0. The van der Waals surface area contributed by atoms with Gasteiger partial charge in [0.1, 0.15) is 0 Å². The summed E-state index contributed by atoms with van der Waals surface area (Å²) < 4.78 is 4.84. The van der Waals surface area contributed by atoms with Gasteiger partial charge in [-0.2, -0.15) is 0 Å². The number of rotatable bonds is 9. The highest BCUT2D eigenvalue weighted by Crippen LogP contribution is 2.15. The van der Waals surface area contributed by atoms with E-state index in [1.54, 1.807) is 6.92 Å². The van der Waals surface area contributed by atoms with Gasteiger partial charge in [-0.3, -0.25) is 14.5 Å². The molecular formula is C15H29N3O3. The van der Waals surface area contributed by atoms with Crippen LogP contribution in [0.3, 0.4) is 0 Å². The zero-order chi connectivity index (χ0) is 15.5. The van der Waals surface area contributed by atoms with E-state index in [4.69, 9.17) is 4.74 Å². The Morgan fingerprint density at radius 1 is 1.38 bits per heavy atom. The van der Waals surface area contributed by atoms with Gasteiger partial charge in [0.05, 0.1) is 13.2 Å². The monoisotopic (exact) mass is 299 g/mol. The highest BCUT2D eigenvalue weighted by molar-refractivity contribution is 5.78. The predicted octanol–water partition coefficient (Wildman–Crippen LogP) is 0.377. The largest absolute Gasteiger partial charge is 0.466 e. The van der Waals surface area contributed by atoms with Crippen LogP contribution in [0.2, 0.25) is 0 Å². The molecule has 1 unspecified atom stereocenters. The van der Waals surface area contributed by atoms with Crippen LogP contribution in [0.4, 0.5) is 0 Å². The first-order valence-corrected chi connectivity index (χ1v) is 7.95. The lowest BCUT2D eigenvalue weighted by molar-refractivity contribution is -0.143. The number of esters is 1. The molecule has 1 rings (SSSR count). The van der Waals surface area contributed by atoms with Crippen molar-refractivity contribution >= 4 is 11.9 Å². The molecule has 0 aromatic rings. The van der Waals surface area contributed by atoms with Crippen LogP contribution in [-0.2, 0) is 14.3 Å². The third-order valence-electron chi connectivity index (χ3n) is 3.65. The van der Waals surface area contributed by atoms with Crippen molar-refractivity contribution in [2.24, 2.45) is 5.92 Å². The number of nitrogens with zero attached hydrogens (tertiary/aromatic N) is 1. The molecule has 0 spiro atoms. The van der Waals surface area contributed by atoms with Gasteiger partial charge < -0.3 is 15.4 Å². The number of ether oxygens (including phenoxy) is 1. The van der Waals surface area contributed by atoms with E-state index in [9.17, 15) is 9.59 Å². The lowest BCUT2D eigenvalue weighted by atomic mass is 9.98. The molecule has 6 heteroatoms. The predicted molar refractivity (Wildman–Crippen MR) is 82.0 cm³/mol. The quantitative estimate of drug-likeness (QED) is 0.476. The summed E-state index contributed by atoms with van der Waals surface area (Å²) in [5.41, 5.74) is 0. The molecule has 0 aliphatic carbocycles. The molecule has 1 fully saturated rings. The van der Waals surface area contributed by atoms with Crippen LogP contribution in [0, 0.1) is 5.92 Å². The molecule has 1 atom stereocenters. The fourth-order valence-corrected chi connectivity index (χ4v) is 2.70. The van der Waals surface area contributed by atoms with Crippen molar-refractivity contribution in [3.8, 4) is 0 Å². The Labute approximate surface area is 127 Å². The Morgan fingerprint density at radius 2 is 2.19 bits per heavy atom. The number of likely N-dealkylation sites (tertiary alicyclic amines) is 1. The van der Waals surface area contributed by atoms with Crippen LogP contribution in [-0.4, -0.2) is 63.2 Å². The average Bonchev–Trinajstić information content (AvgIpc) is 2.45. The number of hydrogen-bond donors (Lipinski definition) is 2. The summed E-state index contributed by atoms with van der Waals surface area (Å²) >= 11 is 0. The standard InChI is InChI=1S/C15H29N3O3/c1-3-21-15(20)7-4-8-17-14(19)12-18-9-5-6-13(11-18)10-16-2/h13,16H,3-12H2,1-2H3,(H,17,19). The molecule has 122 valence electrons. The van der Waals surface area contributed by atoms with E-state index in [2.05, 4.69) is 15.5 Å². The van der Waals surface area contributed by atoms with Crippen molar-refractivity contribution in [1.29, 1.82) is 0 Å². The van der Waals surface area contributed by atoms with Gasteiger partial charge in [-0.05, 0) is 52.2 Å². The zero-order valence-corrected chi connectivity index (χ0v) is 13.3. The maximum Gasteiger partial charge on any atom is 0.305 e. The topological polar surface area (TPSA) is 70.7 Å². The van der Waals surface area contributed by atoms with E-state index < -0.39 is 0 Å². The van der Waals surface area contributed by atoms with Crippen molar-refractivity contribution in [1.82, 2.24) is 15.5 Å². The Balaban J connectivity index is 2.11. The van der Waals surface area contributed by atoms with Gasteiger partial charge in [0.2, 0.25) is 5.91 Å². The van der Waals surface area contributed by atoms with Gasteiger partial charge in [-0.25, -0.2) is 0 Å². The van der Waals surface area contributed by atoms with E-state index in [0.29, 0.717) is 38.5 Å². The van der Waals surface area contributed by atoms with Crippen molar-refractivity contribution in [3.63, 3.8) is 0 Å². The molecular weight excluding hydrogens is 270 g/mol. The van der Waals surface area contributed by atoms with Crippen molar-refractivity contribution in [2.45, 2.75) is 32.6 Å². The number of nitrogens with one attached hydrogen (secondary N) is 2. The first-order chi connectivity index (χ1) is 10.2. The highest BCUT2D eigenvalue weighted by atomic mass is 16.5. The third kappa shape index (κ3) is 8.02. The van der Waals surface area contributed by atoms with Gasteiger partial charge in [0.25, 0.3) is 0 Å². The second-order valence-corrected chi connectivity index (χ2v) is 5.56. The number of hydrogen-bond acceptors (Lipinski definition) is 5. The second kappa shape index (κ2) is 10.6. The molecule has 21 heavy (non-hydrogen) atoms. The number of amides is 1. The molecule has 1 aliphatic rings. The normalized spacial score (nSPS) is 19.2. The lowest BCUT2D eigenvalue weighted by Gasteiger charge is -2.32. The van der Waals surface area contributed by atoms with Crippen LogP contribution in [0.25, 0.3) is 0 Å². The van der Waals surface area contributed by atoms with Gasteiger partial charge in [0, 0.05) is 19.5 Å².